The predicted molar refractivity (Wildman–Crippen MR) is 77.3 cm³/mol. The summed E-state index contributed by atoms with van der Waals surface area (Å²) < 4.78 is 17.2. The van der Waals surface area contributed by atoms with Crippen molar-refractivity contribution in [2.75, 3.05) is 26.4 Å². The van der Waals surface area contributed by atoms with Crippen LogP contribution in [-0.2, 0) is 4.74 Å². The summed E-state index contributed by atoms with van der Waals surface area (Å²) in [4.78, 5) is 10.8. The summed E-state index contributed by atoms with van der Waals surface area (Å²) in [5, 5.41) is 0. The molecule has 0 fully saturated rings. The van der Waals surface area contributed by atoms with Gasteiger partial charge < -0.3 is 14.2 Å². The lowest BCUT2D eigenvalue weighted by Gasteiger charge is -2.14. The minimum atomic E-state index is 0.444. The minimum absolute atomic E-state index is 0.444. The highest BCUT2D eigenvalue weighted by atomic mass is 79.9. The molecule has 19 heavy (non-hydrogen) atoms. The molecule has 1 aromatic rings. The van der Waals surface area contributed by atoms with Crippen molar-refractivity contribution in [3.63, 3.8) is 0 Å². The fourth-order valence-corrected chi connectivity index (χ4v) is 2.08. The van der Waals surface area contributed by atoms with Crippen molar-refractivity contribution in [1.29, 1.82) is 0 Å². The largest absolute Gasteiger partial charge is 0.490 e. The van der Waals surface area contributed by atoms with Crippen LogP contribution in [0.25, 0.3) is 0 Å². The van der Waals surface area contributed by atoms with Gasteiger partial charge in [-0.25, -0.2) is 0 Å². The molecule has 0 heterocycles. The number of halogens is 1. The fourth-order valence-electron chi connectivity index (χ4n) is 1.51. The lowest BCUT2D eigenvalue weighted by atomic mass is 10.2. The van der Waals surface area contributed by atoms with E-state index in [1.54, 1.807) is 12.1 Å². The smallest absolute Gasteiger partial charge is 0.175 e. The second-order valence-electron chi connectivity index (χ2n) is 3.84. The van der Waals surface area contributed by atoms with Crippen LogP contribution >= 0.6 is 15.9 Å². The number of rotatable bonds is 9. The molecule has 0 aliphatic heterocycles. The number of carbonyl (C=O) groups excluding carboxylic acids is 1. The van der Waals surface area contributed by atoms with E-state index in [1.165, 1.54) is 0 Å². The van der Waals surface area contributed by atoms with Gasteiger partial charge in [0.25, 0.3) is 0 Å². The van der Waals surface area contributed by atoms with Crippen LogP contribution in [0.5, 0.6) is 11.5 Å². The van der Waals surface area contributed by atoms with Crippen molar-refractivity contribution in [1.82, 2.24) is 0 Å². The highest BCUT2D eigenvalue weighted by molar-refractivity contribution is 9.10. The third-order valence-electron chi connectivity index (χ3n) is 2.29. The van der Waals surface area contributed by atoms with Crippen LogP contribution in [-0.4, -0.2) is 32.7 Å². The Labute approximate surface area is 122 Å². The van der Waals surface area contributed by atoms with Crippen LogP contribution in [0.2, 0.25) is 0 Å². The molecule has 0 atom stereocenters. The number of hydrogen-bond donors (Lipinski definition) is 0. The summed E-state index contributed by atoms with van der Waals surface area (Å²) in [5.74, 6) is 1.17. The first-order chi connectivity index (χ1) is 9.22. The molecule has 0 spiro atoms. The molecular formula is C14H19BrO4. The Morgan fingerprint density at radius 2 is 1.95 bits per heavy atom. The maximum absolute atomic E-state index is 10.8. The van der Waals surface area contributed by atoms with Gasteiger partial charge in [-0.1, -0.05) is 6.92 Å². The summed E-state index contributed by atoms with van der Waals surface area (Å²) in [6, 6.07) is 3.38. The van der Waals surface area contributed by atoms with Gasteiger partial charge in [0.2, 0.25) is 0 Å². The zero-order chi connectivity index (χ0) is 14.1. The van der Waals surface area contributed by atoms with Crippen molar-refractivity contribution in [2.24, 2.45) is 0 Å². The first kappa shape index (κ1) is 16.0. The monoisotopic (exact) mass is 330 g/mol. The Morgan fingerprint density at radius 3 is 2.58 bits per heavy atom. The predicted octanol–water partition coefficient (Wildman–Crippen LogP) is 3.47. The van der Waals surface area contributed by atoms with Gasteiger partial charge in [-0.05, 0) is 41.4 Å². The molecule has 0 saturated carbocycles. The quantitative estimate of drug-likeness (QED) is 0.513. The second-order valence-corrected chi connectivity index (χ2v) is 4.70. The molecule has 0 aliphatic carbocycles. The van der Waals surface area contributed by atoms with E-state index in [-0.39, 0.29) is 0 Å². The molecule has 0 aliphatic rings. The summed E-state index contributed by atoms with van der Waals surface area (Å²) in [6.45, 7) is 6.16. The van der Waals surface area contributed by atoms with E-state index in [1.807, 2.05) is 6.92 Å². The minimum Gasteiger partial charge on any atom is -0.490 e. The van der Waals surface area contributed by atoms with E-state index in [2.05, 4.69) is 22.9 Å². The average Bonchev–Trinajstić information content (AvgIpc) is 2.41. The van der Waals surface area contributed by atoms with Crippen LogP contribution in [0.1, 0.15) is 30.6 Å². The lowest BCUT2D eigenvalue weighted by molar-refractivity contribution is 0.0988. The van der Waals surface area contributed by atoms with E-state index in [4.69, 9.17) is 14.2 Å². The number of benzene rings is 1. The Kier molecular flexibility index (Phi) is 7.52. The third kappa shape index (κ3) is 5.20. The molecule has 0 unspecified atom stereocenters. The molecule has 0 bridgehead atoms. The second kappa shape index (κ2) is 8.93. The van der Waals surface area contributed by atoms with Crippen molar-refractivity contribution < 1.29 is 19.0 Å². The van der Waals surface area contributed by atoms with E-state index in [9.17, 15) is 4.79 Å². The number of ether oxygens (including phenoxy) is 3. The molecule has 1 aromatic carbocycles. The molecule has 1 rings (SSSR count). The molecular weight excluding hydrogens is 312 g/mol. The Hall–Kier alpha value is -1.07. The third-order valence-corrected chi connectivity index (χ3v) is 2.88. The van der Waals surface area contributed by atoms with Gasteiger partial charge in [0.1, 0.15) is 12.9 Å². The Morgan fingerprint density at radius 1 is 1.16 bits per heavy atom. The van der Waals surface area contributed by atoms with E-state index in [0.717, 1.165) is 19.3 Å². The van der Waals surface area contributed by atoms with Gasteiger partial charge in [0.15, 0.2) is 11.5 Å². The average molecular weight is 331 g/mol. The normalized spacial score (nSPS) is 10.3. The Bertz CT molecular complexity index is 407. The number of hydrogen-bond acceptors (Lipinski definition) is 4. The Balaban J connectivity index is 2.71. The maximum Gasteiger partial charge on any atom is 0.175 e. The molecule has 4 nitrogen and oxygen atoms in total. The molecule has 106 valence electrons. The van der Waals surface area contributed by atoms with Crippen LogP contribution < -0.4 is 9.47 Å². The van der Waals surface area contributed by atoms with Gasteiger partial charge in [-0.3, -0.25) is 4.79 Å². The number of aldehydes is 1. The molecule has 5 heteroatoms. The maximum atomic E-state index is 10.8. The van der Waals surface area contributed by atoms with Gasteiger partial charge in [0.05, 0.1) is 17.7 Å². The summed E-state index contributed by atoms with van der Waals surface area (Å²) in [7, 11) is 0. The molecule has 0 saturated heterocycles. The zero-order valence-corrected chi connectivity index (χ0v) is 12.9. The topological polar surface area (TPSA) is 44.8 Å². The van der Waals surface area contributed by atoms with Gasteiger partial charge in [-0.15, -0.1) is 0 Å². The standard InChI is InChI=1S/C14H19BrO4/c1-3-5-17-6-7-19-14-12(15)8-11(10-16)9-13(14)18-4-2/h8-10H,3-7H2,1-2H3. The van der Waals surface area contributed by atoms with Crippen molar-refractivity contribution >= 4 is 22.2 Å². The SMILES string of the molecule is CCCOCCOc1c(Br)cc(C=O)cc1OCC. The van der Waals surface area contributed by atoms with Crippen LogP contribution in [0.15, 0.2) is 16.6 Å². The van der Waals surface area contributed by atoms with Crippen molar-refractivity contribution in [2.45, 2.75) is 20.3 Å². The fraction of sp³-hybridized carbons (Fsp3) is 0.500. The molecule has 0 N–H and O–H groups in total. The van der Waals surface area contributed by atoms with Gasteiger partial charge in [-0.2, -0.15) is 0 Å². The van der Waals surface area contributed by atoms with E-state index >= 15 is 0 Å². The van der Waals surface area contributed by atoms with Crippen LogP contribution in [0.4, 0.5) is 0 Å². The molecule has 0 aromatic heterocycles. The summed E-state index contributed by atoms with van der Waals surface area (Å²) in [6.07, 6.45) is 1.77. The first-order valence-electron chi connectivity index (χ1n) is 6.35. The molecule has 0 amide bonds. The van der Waals surface area contributed by atoms with Crippen LogP contribution in [0.3, 0.4) is 0 Å². The lowest BCUT2D eigenvalue weighted by Crippen LogP contribution is -2.09. The highest BCUT2D eigenvalue weighted by Gasteiger charge is 2.12. The number of carbonyl (C=O) groups is 1. The highest BCUT2D eigenvalue weighted by Crippen LogP contribution is 2.36. The van der Waals surface area contributed by atoms with Crippen LogP contribution in [0, 0.1) is 0 Å². The van der Waals surface area contributed by atoms with E-state index in [0.29, 0.717) is 41.4 Å². The van der Waals surface area contributed by atoms with Gasteiger partial charge in [0, 0.05) is 12.2 Å². The van der Waals surface area contributed by atoms with Crippen molar-refractivity contribution in [3.8, 4) is 11.5 Å². The first-order valence-corrected chi connectivity index (χ1v) is 7.14. The van der Waals surface area contributed by atoms with Gasteiger partial charge >= 0.3 is 0 Å². The summed E-state index contributed by atoms with van der Waals surface area (Å²) >= 11 is 3.39. The van der Waals surface area contributed by atoms with E-state index < -0.39 is 0 Å². The van der Waals surface area contributed by atoms with Crippen molar-refractivity contribution in [3.05, 3.63) is 22.2 Å². The summed E-state index contributed by atoms with van der Waals surface area (Å²) in [5.41, 5.74) is 0.546. The zero-order valence-electron chi connectivity index (χ0n) is 11.3. The molecule has 0 radical (unpaired) electrons.